The number of hydrogen-bond acceptors (Lipinski definition) is 5. The minimum absolute atomic E-state index is 0.281. The van der Waals surface area contributed by atoms with Crippen molar-refractivity contribution in [1.29, 1.82) is 0 Å². The summed E-state index contributed by atoms with van der Waals surface area (Å²) >= 11 is 0. The van der Waals surface area contributed by atoms with Crippen LogP contribution in [-0.4, -0.2) is 73.5 Å². The summed E-state index contributed by atoms with van der Waals surface area (Å²) in [6, 6.07) is 20.9. The quantitative estimate of drug-likeness (QED) is 0.380. The summed E-state index contributed by atoms with van der Waals surface area (Å²) in [7, 11) is 1.59. The molecule has 1 saturated carbocycles. The zero-order chi connectivity index (χ0) is 25.7. The van der Waals surface area contributed by atoms with Gasteiger partial charge in [-0.05, 0) is 60.4 Å². The summed E-state index contributed by atoms with van der Waals surface area (Å²) in [5.74, 6) is 0. The third-order valence-electron chi connectivity index (χ3n) is 7.75. The number of aromatic nitrogens is 2. The number of aryl methyl sites for hydroxylation is 1. The Bertz CT molecular complexity index is 1550. The van der Waals surface area contributed by atoms with E-state index in [0.717, 1.165) is 65.6 Å². The monoisotopic (exact) mass is 515 g/mol. The Morgan fingerprint density at radius 3 is 2.27 bits per heavy atom. The first kappa shape index (κ1) is 24.2. The van der Waals surface area contributed by atoms with Crippen LogP contribution in [0.1, 0.15) is 12.8 Å². The molecule has 2 aliphatic rings. The summed E-state index contributed by atoms with van der Waals surface area (Å²) in [4.78, 5) is 10.1. The van der Waals surface area contributed by atoms with E-state index in [1.165, 1.54) is 22.8 Å². The second-order valence-corrected chi connectivity index (χ2v) is 12.5. The molecule has 0 bridgehead atoms. The van der Waals surface area contributed by atoms with E-state index in [0.29, 0.717) is 0 Å². The molecular formula is C29H33N5O2S. The molecule has 2 fully saturated rings. The van der Waals surface area contributed by atoms with Crippen molar-refractivity contribution < 1.29 is 8.42 Å². The van der Waals surface area contributed by atoms with Crippen LogP contribution in [0.2, 0.25) is 0 Å². The van der Waals surface area contributed by atoms with Gasteiger partial charge in [0.15, 0.2) is 0 Å². The molecule has 0 unspecified atom stereocenters. The Labute approximate surface area is 219 Å². The van der Waals surface area contributed by atoms with E-state index in [1.54, 1.807) is 32.3 Å². The molecule has 2 aromatic heterocycles. The average molecular weight is 516 g/mol. The molecule has 8 heteroatoms. The maximum Gasteiger partial charge on any atom is 0.242 e. The second-order valence-electron chi connectivity index (χ2n) is 10.3. The fourth-order valence-electron chi connectivity index (χ4n) is 5.31. The lowest BCUT2D eigenvalue weighted by Gasteiger charge is -2.36. The number of piperazine rings is 1. The lowest BCUT2D eigenvalue weighted by molar-refractivity contribution is 0.248. The van der Waals surface area contributed by atoms with E-state index in [-0.39, 0.29) is 4.90 Å². The fraction of sp³-hybridized carbons (Fsp3) is 0.345. The molecule has 1 aliphatic heterocycles. The van der Waals surface area contributed by atoms with Crippen LogP contribution >= 0.6 is 0 Å². The van der Waals surface area contributed by atoms with Crippen LogP contribution in [0, 0.1) is 0 Å². The van der Waals surface area contributed by atoms with E-state index >= 15 is 0 Å². The Morgan fingerprint density at radius 1 is 0.865 bits per heavy atom. The maximum atomic E-state index is 12.6. The normalized spacial score (nSPS) is 17.1. The van der Waals surface area contributed by atoms with Crippen LogP contribution in [0.5, 0.6) is 0 Å². The minimum atomic E-state index is -3.51. The Hall–Kier alpha value is -3.20. The molecule has 0 spiro atoms. The average Bonchev–Trinajstić information content (AvgIpc) is 3.72. The molecule has 1 aliphatic carbocycles. The highest BCUT2D eigenvalue weighted by Gasteiger charge is 2.31. The highest BCUT2D eigenvalue weighted by atomic mass is 32.2. The van der Waals surface area contributed by atoms with E-state index in [9.17, 15) is 8.42 Å². The van der Waals surface area contributed by atoms with Crippen LogP contribution in [0.15, 0.2) is 71.8 Å². The van der Waals surface area contributed by atoms with Gasteiger partial charge >= 0.3 is 0 Å². The molecule has 192 valence electrons. The Balaban J connectivity index is 1.26. The summed E-state index contributed by atoms with van der Waals surface area (Å²) in [6.07, 6.45) is 4.67. The Kier molecular flexibility index (Phi) is 6.06. The number of anilines is 1. The van der Waals surface area contributed by atoms with Crippen molar-refractivity contribution in [3.63, 3.8) is 0 Å². The van der Waals surface area contributed by atoms with Crippen molar-refractivity contribution in [1.82, 2.24) is 18.8 Å². The van der Waals surface area contributed by atoms with Crippen molar-refractivity contribution in [3.05, 3.63) is 66.9 Å². The number of hydrogen-bond donors (Lipinski definition) is 0. The molecule has 2 aromatic carbocycles. The first-order valence-corrected chi connectivity index (χ1v) is 14.3. The molecular weight excluding hydrogens is 482 g/mol. The highest BCUT2D eigenvalue weighted by molar-refractivity contribution is 7.89. The van der Waals surface area contributed by atoms with E-state index in [4.69, 9.17) is 4.98 Å². The topological polar surface area (TPSA) is 61.7 Å². The van der Waals surface area contributed by atoms with E-state index in [2.05, 4.69) is 44.7 Å². The van der Waals surface area contributed by atoms with Gasteiger partial charge in [-0.15, -0.1) is 0 Å². The molecule has 6 rings (SSSR count). The summed E-state index contributed by atoms with van der Waals surface area (Å²) in [6.45, 7) is 4.50. The number of rotatable bonds is 6. The number of nitrogens with zero attached hydrogens (tertiary/aromatic N) is 5. The smallest absolute Gasteiger partial charge is 0.242 e. The van der Waals surface area contributed by atoms with Crippen LogP contribution in [0.4, 0.5) is 5.69 Å². The number of sulfonamides is 1. The van der Waals surface area contributed by atoms with Gasteiger partial charge in [0, 0.05) is 70.8 Å². The van der Waals surface area contributed by atoms with Gasteiger partial charge in [-0.2, -0.15) is 0 Å². The van der Waals surface area contributed by atoms with Gasteiger partial charge in [-0.1, -0.05) is 24.3 Å². The summed E-state index contributed by atoms with van der Waals surface area (Å²) in [5, 5.41) is 0. The highest BCUT2D eigenvalue weighted by Crippen LogP contribution is 2.32. The van der Waals surface area contributed by atoms with Gasteiger partial charge in [0.25, 0.3) is 0 Å². The van der Waals surface area contributed by atoms with Crippen molar-refractivity contribution in [2.45, 2.75) is 23.8 Å². The van der Waals surface area contributed by atoms with Crippen molar-refractivity contribution in [3.8, 4) is 22.4 Å². The van der Waals surface area contributed by atoms with Crippen molar-refractivity contribution in [2.24, 2.45) is 7.05 Å². The standard InChI is InChI=1S/C29H33N5O2S/c1-31(2)37(35,36)26-6-4-5-22(17-26)28-19-27-29(32(28)3)18-23(20-30-27)21-7-9-24(10-8-21)33-13-15-34(16-14-33)25-11-12-25/h4-10,17-20,25H,11-16H2,1-3H3. The summed E-state index contributed by atoms with van der Waals surface area (Å²) < 4.78 is 28.6. The second kappa shape index (κ2) is 9.28. The van der Waals surface area contributed by atoms with E-state index < -0.39 is 10.0 Å². The maximum absolute atomic E-state index is 12.6. The molecule has 1 saturated heterocycles. The van der Waals surface area contributed by atoms with Gasteiger partial charge in [0.2, 0.25) is 10.0 Å². The first-order chi connectivity index (χ1) is 17.8. The SMILES string of the molecule is CN(C)S(=O)(=O)c1cccc(-c2cc3ncc(-c4ccc(N5CCN(C6CC6)CC5)cc4)cc3n2C)c1. The van der Waals surface area contributed by atoms with Gasteiger partial charge in [-0.3, -0.25) is 9.88 Å². The third-order valence-corrected chi connectivity index (χ3v) is 9.56. The van der Waals surface area contributed by atoms with Gasteiger partial charge in [0.1, 0.15) is 0 Å². The third kappa shape index (κ3) is 4.54. The number of fused-ring (bicyclic) bond motifs is 1. The van der Waals surface area contributed by atoms with Crippen molar-refractivity contribution >= 4 is 26.7 Å². The summed E-state index contributed by atoms with van der Waals surface area (Å²) in [5.41, 5.74) is 7.14. The zero-order valence-corrected chi connectivity index (χ0v) is 22.4. The van der Waals surface area contributed by atoms with Crippen molar-refractivity contribution in [2.75, 3.05) is 45.2 Å². The molecule has 0 N–H and O–H groups in total. The predicted octanol–water partition coefficient (Wildman–Crippen LogP) is 4.44. The van der Waals surface area contributed by atoms with Gasteiger partial charge in [0.05, 0.1) is 21.6 Å². The molecule has 0 radical (unpaired) electrons. The van der Waals surface area contributed by atoms with Crippen LogP contribution in [0.3, 0.4) is 0 Å². The van der Waals surface area contributed by atoms with Crippen LogP contribution in [0.25, 0.3) is 33.4 Å². The molecule has 3 heterocycles. The molecule has 0 amide bonds. The largest absolute Gasteiger partial charge is 0.369 e. The molecule has 37 heavy (non-hydrogen) atoms. The molecule has 0 atom stereocenters. The molecule has 7 nitrogen and oxygen atoms in total. The number of pyridine rings is 1. The lowest BCUT2D eigenvalue weighted by atomic mass is 10.1. The molecule has 4 aromatic rings. The minimum Gasteiger partial charge on any atom is -0.369 e. The van der Waals surface area contributed by atoms with Gasteiger partial charge < -0.3 is 9.47 Å². The first-order valence-electron chi connectivity index (χ1n) is 12.9. The fourth-order valence-corrected chi connectivity index (χ4v) is 6.26. The Morgan fingerprint density at radius 2 is 1.59 bits per heavy atom. The van der Waals surface area contributed by atoms with E-state index in [1.807, 2.05) is 25.4 Å². The lowest BCUT2D eigenvalue weighted by Crippen LogP contribution is -2.47. The van der Waals surface area contributed by atoms with Crippen LogP contribution in [-0.2, 0) is 17.1 Å². The van der Waals surface area contributed by atoms with Crippen LogP contribution < -0.4 is 4.90 Å². The number of benzene rings is 2. The zero-order valence-electron chi connectivity index (χ0n) is 21.6. The van der Waals surface area contributed by atoms with Gasteiger partial charge in [-0.25, -0.2) is 12.7 Å². The predicted molar refractivity (Wildman–Crippen MR) is 149 cm³/mol.